The highest BCUT2D eigenvalue weighted by atomic mass is 127. The second kappa shape index (κ2) is 9.59. The molecule has 7 heteroatoms. The highest BCUT2D eigenvalue weighted by Gasteiger charge is 2.34. The van der Waals surface area contributed by atoms with Crippen molar-refractivity contribution in [2.45, 2.75) is 25.9 Å². The van der Waals surface area contributed by atoms with E-state index in [0.717, 1.165) is 57.4 Å². The molecule has 2 saturated heterocycles. The Morgan fingerprint density at radius 3 is 2.60 bits per heavy atom. The van der Waals surface area contributed by atoms with E-state index in [4.69, 9.17) is 9.47 Å². The van der Waals surface area contributed by atoms with E-state index in [-0.39, 0.29) is 35.5 Å². The largest absolute Gasteiger partial charge is 0.489 e. The summed E-state index contributed by atoms with van der Waals surface area (Å²) < 4.78 is 12.7. The summed E-state index contributed by atoms with van der Waals surface area (Å²) in [5.41, 5.74) is 0.251. The maximum atomic E-state index is 6.18. The third-order valence-electron chi connectivity index (χ3n) is 4.66. The van der Waals surface area contributed by atoms with E-state index in [0.29, 0.717) is 0 Å². The minimum absolute atomic E-state index is 0. The Bertz CT molecular complexity index is 585. The van der Waals surface area contributed by atoms with Gasteiger partial charge in [0.15, 0.2) is 5.96 Å². The molecule has 1 aromatic rings. The van der Waals surface area contributed by atoms with E-state index in [2.05, 4.69) is 56.9 Å². The zero-order valence-corrected chi connectivity index (χ0v) is 19.3. The second-order valence-corrected chi connectivity index (χ2v) is 8.10. The molecular formula is C18H27I2N3O2. The van der Waals surface area contributed by atoms with E-state index in [9.17, 15) is 0 Å². The molecule has 1 aromatic carbocycles. The van der Waals surface area contributed by atoms with Crippen LogP contribution in [0.15, 0.2) is 29.3 Å². The molecule has 0 atom stereocenters. The van der Waals surface area contributed by atoms with Gasteiger partial charge in [-0.3, -0.25) is 4.99 Å². The topological polar surface area (TPSA) is 46.1 Å². The summed E-state index contributed by atoms with van der Waals surface area (Å²) in [5.74, 6) is 1.99. The molecule has 1 N–H and O–H groups in total. The Balaban J connectivity index is 0.00000225. The van der Waals surface area contributed by atoms with Gasteiger partial charge in [0.2, 0.25) is 0 Å². The van der Waals surface area contributed by atoms with Crippen LogP contribution in [0.25, 0.3) is 0 Å². The molecule has 3 rings (SSSR count). The Kier molecular flexibility index (Phi) is 8.06. The maximum Gasteiger partial charge on any atom is 0.193 e. The molecule has 0 amide bonds. The fraction of sp³-hybridized carbons (Fsp3) is 0.611. The Morgan fingerprint density at radius 2 is 2.04 bits per heavy atom. The van der Waals surface area contributed by atoms with Gasteiger partial charge in [0, 0.05) is 44.9 Å². The number of benzene rings is 1. The normalized spacial score (nSPS) is 20.4. The lowest BCUT2D eigenvalue weighted by Gasteiger charge is -2.40. The first-order valence-electron chi connectivity index (χ1n) is 8.54. The van der Waals surface area contributed by atoms with Gasteiger partial charge in [-0.2, -0.15) is 0 Å². The number of ether oxygens (including phenoxy) is 2. The van der Waals surface area contributed by atoms with Crippen LogP contribution in [0.5, 0.6) is 5.75 Å². The number of halogens is 2. The van der Waals surface area contributed by atoms with Crippen LogP contribution in [0, 0.1) is 8.99 Å². The lowest BCUT2D eigenvalue weighted by atomic mass is 9.89. The number of nitrogens with zero attached hydrogens (tertiary/aromatic N) is 2. The Hall–Kier alpha value is -0.290. The zero-order chi connectivity index (χ0) is 17.0. The third-order valence-corrected chi connectivity index (χ3v) is 5.55. The highest BCUT2D eigenvalue weighted by molar-refractivity contribution is 14.1. The summed E-state index contributed by atoms with van der Waals surface area (Å²) in [4.78, 5) is 6.78. The van der Waals surface area contributed by atoms with E-state index in [1.807, 2.05) is 19.2 Å². The molecule has 25 heavy (non-hydrogen) atoms. The minimum Gasteiger partial charge on any atom is -0.489 e. The van der Waals surface area contributed by atoms with Crippen LogP contribution in [-0.4, -0.2) is 56.9 Å². The van der Waals surface area contributed by atoms with E-state index in [1.54, 1.807) is 0 Å². The predicted molar refractivity (Wildman–Crippen MR) is 120 cm³/mol. The van der Waals surface area contributed by atoms with Crippen LogP contribution >= 0.6 is 46.6 Å². The van der Waals surface area contributed by atoms with E-state index in [1.165, 1.54) is 3.57 Å². The SMILES string of the molecule is CN=C(NCC1(C)COC1)N1CCC(Oc2ccccc2I)CC1.I. The number of piperidine rings is 1. The van der Waals surface area contributed by atoms with E-state index < -0.39 is 0 Å². The van der Waals surface area contributed by atoms with Gasteiger partial charge < -0.3 is 19.7 Å². The van der Waals surface area contributed by atoms with Gasteiger partial charge in [0.1, 0.15) is 11.9 Å². The molecule has 2 aliphatic rings. The van der Waals surface area contributed by atoms with Crippen molar-refractivity contribution in [2.24, 2.45) is 10.4 Å². The molecule has 5 nitrogen and oxygen atoms in total. The number of hydrogen-bond donors (Lipinski definition) is 1. The molecule has 0 radical (unpaired) electrons. The predicted octanol–water partition coefficient (Wildman–Crippen LogP) is 3.36. The first-order valence-corrected chi connectivity index (χ1v) is 9.62. The Morgan fingerprint density at radius 1 is 1.36 bits per heavy atom. The molecule has 2 aliphatic heterocycles. The van der Waals surface area contributed by atoms with Crippen molar-refractivity contribution >= 4 is 52.5 Å². The van der Waals surface area contributed by atoms with Gasteiger partial charge in [0.05, 0.1) is 16.8 Å². The van der Waals surface area contributed by atoms with Crippen molar-refractivity contribution in [1.82, 2.24) is 10.2 Å². The number of nitrogens with one attached hydrogen (secondary N) is 1. The fourth-order valence-corrected chi connectivity index (χ4v) is 3.60. The third kappa shape index (κ3) is 5.59. The van der Waals surface area contributed by atoms with Gasteiger partial charge in [-0.1, -0.05) is 19.1 Å². The first-order chi connectivity index (χ1) is 11.6. The molecule has 0 bridgehead atoms. The number of aliphatic imine (C=N–C) groups is 1. The molecule has 2 fully saturated rings. The molecule has 2 heterocycles. The molecule has 0 unspecified atom stereocenters. The number of rotatable bonds is 4. The molecule has 0 aromatic heterocycles. The summed E-state index contributed by atoms with van der Waals surface area (Å²) >= 11 is 2.33. The first kappa shape index (κ1) is 21.0. The quantitative estimate of drug-likeness (QED) is 0.343. The van der Waals surface area contributed by atoms with Crippen LogP contribution in [0.2, 0.25) is 0 Å². The number of hydrogen-bond acceptors (Lipinski definition) is 3. The lowest BCUT2D eigenvalue weighted by Crippen LogP contribution is -2.53. The van der Waals surface area contributed by atoms with Crippen LogP contribution in [0.3, 0.4) is 0 Å². The van der Waals surface area contributed by atoms with Crippen molar-refractivity contribution in [1.29, 1.82) is 0 Å². The molecule has 0 aliphatic carbocycles. The van der Waals surface area contributed by atoms with Crippen LogP contribution in [-0.2, 0) is 4.74 Å². The van der Waals surface area contributed by atoms with Gasteiger partial charge in [-0.05, 0) is 34.7 Å². The number of para-hydroxylation sites is 1. The van der Waals surface area contributed by atoms with Crippen LogP contribution in [0.1, 0.15) is 19.8 Å². The highest BCUT2D eigenvalue weighted by Crippen LogP contribution is 2.26. The average molecular weight is 571 g/mol. The molecule has 0 spiro atoms. The summed E-state index contributed by atoms with van der Waals surface area (Å²) in [5, 5.41) is 3.51. The summed E-state index contributed by atoms with van der Waals surface area (Å²) in [6.07, 6.45) is 2.32. The van der Waals surface area contributed by atoms with Gasteiger partial charge in [-0.25, -0.2) is 0 Å². The Labute approximate surface area is 181 Å². The smallest absolute Gasteiger partial charge is 0.193 e. The molecule has 0 saturated carbocycles. The van der Waals surface area contributed by atoms with E-state index >= 15 is 0 Å². The summed E-state index contributed by atoms with van der Waals surface area (Å²) in [6.45, 7) is 6.78. The second-order valence-electron chi connectivity index (χ2n) is 6.94. The van der Waals surface area contributed by atoms with Crippen molar-refractivity contribution in [3.63, 3.8) is 0 Å². The fourth-order valence-electron chi connectivity index (χ4n) is 3.08. The van der Waals surface area contributed by atoms with Crippen molar-refractivity contribution < 1.29 is 9.47 Å². The summed E-state index contributed by atoms with van der Waals surface area (Å²) in [7, 11) is 1.86. The average Bonchev–Trinajstić information content (AvgIpc) is 2.57. The van der Waals surface area contributed by atoms with Crippen molar-refractivity contribution in [3.05, 3.63) is 27.8 Å². The molecular weight excluding hydrogens is 544 g/mol. The maximum absolute atomic E-state index is 6.18. The van der Waals surface area contributed by atoms with Gasteiger partial charge >= 0.3 is 0 Å². The van der Waals surface area contributed by atoms with Crippen LogP contribution < -0.4 is 10.1 Å². The summed E-state index contributed by atoms with van der Waals surface area (Å²) in [6, 6.07) is 8.21. The lowest BCUT2D eigenvalue weighted by molar-refractivity contribution is -0.0973. The van der Waals surface area contributed by atoms with Crippen LogP contribution in [0.4, 0.5) is 0 Å². The standard InChI is InChI=1S/C18H26IN3O2.HI/c1-18(12-23-13-18)11-21-17(20-2)22-9-7-14(8-10-22)24-16-6-4-3-5-15(16)19;/h3-6,14H,7-13H2,1-2H3,(H,20,21);1H. The van der Waals surface area contributed by atoms with Crippen molar-refractivity contribution in [3.8, 4) is 5.75 Å². The van der Waals surface area contributed by atoms with Gasteiger partial charge in [-0.15, -0.1) is 24.0 Å². The number of guanidine groups is 1. The van der Waals surface area contributed by atoms with Gasteiger partial charge in [0.25, 0.3) is 0 Å². The minimum atomic E-state index is 0. The molecule has 140 valence electrons. The zero-order valence-electron chi connectivity index (χ0n) is 14.8. The van der Waals surface area contributed by atoms with Crippen molar-refractivity contribution in [2.75, 3.05) is 39.9 Å². The monoisotopic (exact) mass is 571 g/mol. The number of likely N-dealkylation sites (tertiary alicyclic amines) is 1.